The van der Waals surface area contributed by atoms with Gasteiger partial charge in [0.15, 0.2) is 0 Å². The van der Waals surface area contributed by atoms with Gasteiger partial charge in [0, 0.05) is 31.0 Å². The Bertz CT molecular complexity index is 902. The van der Waals surface area contributed by atoms with Crippen LogP contribution in [0.3, 0.4) is 0 Å². The van der Waals surface area contributed by atoms with E-state index < -0.39 is 0 Å². The first kappa shape index (κ1) is 19.4. The van der Waals surface area contributed by atoms with Gasteiger partial charge < -0.3 is 24.0 Å². The van der Waals surface area contributed by atoms with E-state index in [9.17, 15) is 4.79 Å². The van der Waals surface area contributed by atoms with Crippen LogP contribution >= 0.6 is 0 Å². The van der Waals surface area contributed by atoms with Crippen molar-refractivity contribution in [2.75, 3.05) is 38.3 Å². The second kappa shape index (κ2) is 8.19. The van der Waals surface area contributed by atoms with Gasteiger partial charge in [0.1, 0.15) is 24.2 Å². The molecule has 154 valence electrons. The number of amides is 1. The van der Waals surface area contributed by atoms with Crippen molar-refractivity contribution in [1.82, 2.24) is 9.88 Å². The topological polar surface area (TPSA) is 64.1 Å². The van der Waals surface area contributed by atoms with Crippen molar-refractivity contribution < 1.29 is 19.0 Å². The van der Waals surface area contributed by atoms with Crippen LogP contribution in [-0.2, 0) is 4.79 Å². The van der Waals surface area contributed by atoms with Gasteiger partial charge in [-0.25, -0.2) is 4.98 Å². The van der Waals surface area contributed by atoms with Gasteiger partial charge in [0.2, 0.25) is 11.8 Å². The molecule has 7 nitrogen and oxygen atoms in total. The summed E-state index contributed by atoms with van der Waals surface area (Å²) in [6, 6.07) is 7.97. The van der Waals surface area contributed by atoms with E-state index in [0.29, 0.717) is 25.5 Å². The molecule has 0 unspecified atom stereocenters. The molecule has 1 saturated heterocycles. The number of benzene rings is 1. The van der Waals surface area contributed by atoms with Gasteiger partial charge in [0.25, 0.3) is 0 Å². The Hall–Kier alpha value is -2.96. The fraction of sp³-hybridized carbons (Fsp3) is 0.455. The predicted molar refractivity (Wildman–Crippen MR) is 110 cm³/mol. The summed E-state index contributed by atoms with van der Waals surface area (Å²) in [6.07, 6.45) is 3.23. The monoisotopic (exact) mass is 397 g/mol. The third-order valence-electron chi connectivity index (χ3n) is 5.42. The second-order valence-electron chi connectivity index (χ2n) is 7.37. The molecule has 2 aromatic rings. The molecule has 1 atom stereocenters. The molecule has 0 radical (unpaired) electrons. The normalized spacial score (nSPS) is 18.2. The molecule has 2 aliphatic rings. The highest BCUT2D eigenvalue weighted by Crippen LogP contribution is 2.40. The number of methoxy groups -OCH3 is 1. The third kappa shape index (κ3) is 3.95. The molecule has 1 aromatic carbocycles. The van der Waals surface area contributed by atoms with E-state index in [1.54, 1.807) is 7.11 Å². The minimum Gasteiger partial charge on any atom is -0.490 e. The summed E-state index contributed by atoms with van der Waals surface area (Å²) in [5, 5.41) is 0. The second-order valence-corrected chi connectivity index (χ2v) is 7.37. The van der Waals surface area contributed by atoms with Gasteiger partial charge in [-0.3, -0.25) is 4.79 Å². The van der Waals surface area contributed by atoms with Crippen molar-refractivity contribution in [3.63, 3.8) is 0 Å². The summed E-state index contributed by atoms with van der Waals surface area (Å²) in [4.78, 5) is 20.4. The van der Waals surface area contributed by atoms with Crippen LogP contribution in [-0.4, -0.2) is 55.2 Å². The van der Waals surface area contributed by atoms with E-state index in [2.05, 4.69) is 16.0 Å². The summed E-state index contributed by atoms with van der Waals surface area (Å²) >= 11 is 0. The molecular weight excluding hydrogens is 370 g/mol. The van der Waals surface area contributed by atoms with Crippen LogP contribution in [0.1, 0.15) is 25.3 Å². The van der Waals surface area contributed by atoms with Crippen molar-refractivity contribution in [2.45, 2.75) is 32.8 Å². The molecule has 1 fully saturated rings. The Morgan fingerprint density at radius 2 is 2.17 bits per heavy atom. The zero-order valence-corrected chi connectivity index (χ0v) is 17.2. The van der Waals surface area contributed by atoms with Gasteiger partial charge in [-0.1, -0.05) is 6.92 Å². The van der Waals surface area contributed by atoms with Crippen LogP contribution in [0.15, 0.2) is 30.5 Å². The molecule has 2 aliphatic heterocycles. The summed E-state index contributed by atoms with van der Waals surface area (Å²) in [6.45, 7) is 6.62. The van der Waals surface area contributed by atoms with E-state index in [-0.39, 0.29) is 12.0 Å². The molecule has 0 bridgehead atoms. The van der Waals surface area contributed by atoms with Crippen LogP contribution in [0.4, 0.5) is 11.4 Å². The van der Waals surface area contributed by atoms with Gasteiger partial charge in [0.05, 0.1) is 37.8 Å². The maximum atomic E-state index is 11.9. The molecule has 4 rings (SSSR count). The number of hydrogen-bond donors (Lipinski definition) is 0. The highest BCUT2D eigenvalue weighted by Gasteiger charge is 2.27. The Kier molecular flexibility index (Phi) is 5.47. The van der Waals surface area contributed by atoms with Gasteiger partial charge >= 0.3 is 0 Å². The number of nitrogens with zero attached hydrogens (tertiary/aromatic N) is 3. The van der Waals surface area contributed by atoms with Crippen LogP contribution < -0.4 is 19.1 Å². The lowest BCUT2D eigenvalue weighted by Crippen LogP contribution is -2.30. The van der Waals surface area contributed by atoms with Gasteiger partial charge in [-0.2, -0.15) is 0 Å². The minimum atomic E-state index is 0.0198. The summed E-state index contributed by atoms with van der Waals surface area (Å²) in [5.74, 6) is 2.43. The average molecular weight is 397 g/mol. The number of hydrogen-bond acceptors (Lipinski definition) is 6. The summed E-state index contributed by atoms with van der Waals surface area (Å²) in [7, 11) is 1.63. The lowest BCUT2D eigenvalue weighted by molar-refractivity contribution is -0.130. The highest BCUT2D eigenvalue weighted by molar-refractivity contribution is 5.76. The molecule has 0 N–H and O–H groups in total. The molecule has 0 spiro atoms. The molecule has 3 heterocycles. The molecule has 1 amide bonds. The van der Waals surface area contributed by atoms with Crippen molar-refractivity contribution >= 4 is 17.3 Å². The Morgan fingerprint density at radius 1 is 1.31 bits per heavy atom. The fourth-order valence-corrected chi connectivity index (χ4v) is 3.91. The molecule has 29 heavy (non-hydrogen) atoms. The number of likely N-dealkylation sites (tertiary alicyclic amines) is 1. The fourth-order valence-electron chi connectivity index (χ4n) is 3.91. The van der Waals surface area contributed by atoms with E-state index in [4.69, 9.17) is 14.2 Å². The molecule has 0 aliphatic carbocycles. The van der Waals surface area contributed by atoms with Crippen molar-refractivity contribution in [1.29, 1.82) is 0 Å². The van der Waals surface area contributed by atoms with Crippen LogP contribution in [0.25, 0.3) is 0 Å². The van der Waals surface area contributed by atoms with Crippen molar-refractivity contribution in [3.05, 3.63) is 36.0 Å². The number of fused-ring (bicyclic) bond motifs is 1. The lowest BCUT2D eigenvalue weighted by Gasteiger charge is -2.32. The maximum Gasteiger partial charge on any atom is 0.222 e. The number of ether oxygens (including phenoxy) is 3. The number of aromatic nitrogens is 1. The van der Waals surface area contributed by atoms with Gasteiger partial charge in [-0.15, -0.1) is 0 Å². The lowest BCUT2D eigenvalue weighted by atomic mass is 10.2. The standard InChI is InChI=1S/C22H27N3O4/c1-4-21(26)24-8-7-18(14-24)29-17-5-6-20-19(12-17)25(9-10-28-20)16-11-15(2)22(27-3)23-13-16/h5-6,11-13,18H,4,7-10,14H2,1-3H3/t18-/m0/s1. The summed E-state index contributed by atoms with van der Waals surface area (Å²) < 4.78 is 17.3. The third-order valence-corrected chi connectivity index (χ3v) is 5.42. The SMILES string of the molecule is CCC(=O)N1CC[C@H](Oc2ccc3c(c2)N(c2cnc(OC)c(C)c2)CCO3)C1. The highest BCUT2D eigenvalue weighted by atomic mass is 16.5. The first-order chi connectivity index (χ1) is 14.1. The number of rotatable bonds is 5. The van der Waals surface area contributed by atoms with E-state index in [0.717, 1.165) is 47.9 Å². The smallest absolute Gasteiger partial charge is 0.222 e. The molecule has 7 heteroatoms. The molecule has 1 aromatic heterocycles. The summed E-state index contributed by atoms with van der Waals surface area (Å²) in [5.41, 5.74) is 2.93. The zero-order valence-electron chi connectivity index (χ0n) is 17.2. The van der Waals surface area contributed by atoms with E-state index >= 15 is 0 Å². The van der Waals surface area contributed by atoms with E-state index in [1.807, 2.05) is 43.1 Å². The Balaban J connectivity index is 1.54. The average Bonchev–Trinajstić information content (AvgIpc) is 3.21. The zero-order chi connectivity index (χ0) is 20.4. The number of aryl methyl sites for hydroxylation is 1. The number of anilines is 2. The Morgan fingerprint density at radius 3 is 2.93 bits per heavy atom. The maximum absolute atomic E-state index is 11.9. The molecular formula is C22H27N3O4. The number of carbonyl (C=O) groups is 1. The van der Waals surface area contributed by atoms with E-state index in [1.165, 1.54) is 0 Å². The minimum absolute atomic E-state index is 0.0198. The Labute approximate surface area is 171 Å². The number of pyridine rings is 1. The van der Waals surface area contributed by atoms with Gasteiger partial charge in [-0.05, 0) is 25.1 Å². The van der Waals surface area contributed by atoms with Crippen molar-refractivity contribution in [2.24, 2.45) is 0 Å². The quantitative estimate of drug-likeness (QED) is 0.771. The first-order valence-corrected chi connectivity index (χ1v) is 10.1. The molecule has 0 saturated carbocycles. The first-order valence-electron chi connectivity index (χ1n) is 10.1. The number of carbonyl (C=O) groups excluding carboxylic acids is 1. The van der Waals surface area contributed by atoms with Crippen LogP contribution in [0.2, 0.25) is 0 Å². The van der Waals surface area contributed by atoms with Crippen LogP contribution in [0.5, 0.6) is 17.4 Å². The predicted octanol–water partition coefficient (Wildman–Crippen LogP) is 3.32. The van der Waals surface area contributed by atoms with Crippen LogP contribution in [0, 0.1) is 6.92 Å². The largest absolute Gasteiger partial charge is 0.490 e. The van der Waals surface area contributed by atoms with Crippen molar-refractivity contribution in [3.8, 4) is 17.4 Å².